The molecule has 1 heterocycles. The summed E-state index contributed by atoms with van der Waals surface area (Å²) in [6.45, 7) is 4.89. The van der Waals surface area contributed by atoms with Gasteiger partial charge in [0, 0.05) is 24.2 Å². The molecule has 6 heteroatoms. The van der Waals surface area contributed by atoms with Crippen LogP contribution in [0, 0.1) is 13.8 Å². The number of carbonyl (C=O) groups is 1. The Morgan fingerprint density at radius 2 is 1.73 bits per heavy atom. The van der Waals surface area contributed by atoms with Gasteiger partial charge in [-0.25, -0.2) is 0 Å². The predicted molar refractivity (Wildman–Crippen MR) is 111 cm³/mol. The molecule has 0 unspecified atom stereocenters. The molecule has 0 saturated carbocycles. The zero-order valence-electron chi connectivity index (χ0n) is 14.8. The first kappa shape index (κ1) is 21.9. The maximum absolute atomic E-state index is 12.7. The topological polar surface area (TPSA) is 68.0 Å². The van der Waals surface area contributed by atoms with Crippen molar-refractivity contribution < 1.29 is 4.79 Å². The van der Waals surface area contributed by atoms with Crippen molar-refractivity contribution in [2.45, 2.75) is 26.9 Å². The average molecular weight is 392 g/mol. The molecule has 3 rings (SSSR count). The van der Waals surface area contributed by atoms with Crippen molar-refractivity contribution in [3.8, 4) is 0 Å². The van der Waals surface area contributed by atoms with E-state index >= 15 is 0 Å². The van der Waals surface area contributed by atoms with Crippen molar-refractivity contribution in [3.63, 3.8) is 0 Å². The monoisotopic (exact) mass is 391 g/mol. The minimum Gasteiger partial charge on any atom is -0.348 e. The second-order valence-corrected chi connectivity index (χ2v) is 5.99. The Labute approximate surface area is 166 Å². The summed E-state index contributed by atoms with van der Waals surface area (Å²) in [5.74, 6) is -0.0887. The van der Waals surface area contributed by atoms with Crippen molar-refractivity contribution in [2.24, 2.45) is 5.73 Å². The maximum atomic E-state index is 12.7. The second kappa shape index (κ2) is 9.53. The molecule has 0 aliphatic heterocycles. The maximum Gasteiger partial charge on any atom is 0.252 e. The summed E-state index contributed by atoms with van der Waals surface area (Å²) in [7, 11) is 0. The highest BCUT2D eigenvalue weighted by Crippen LogP contribution is 2.21. The van der Waals surface area contributed by atoms with Gasteiger partial charge in [0.15, 0.2) is 0 Å². The van der Waals surface area contributed by atoms with E-state index < -0.39 is 0 Å². The van der Waals surface area contributed by atoms with Crippen molar-refractivity contribution in [1.82, 2.24) is 10.3 Å². The van der Waals surface area contributed by atoms with Crippen LogP contribution in [0.4, 0.5) is 0 Å². The number of amides is 1. The van der Waals surface area contributed by atoms with E-state index in [2.05, 4.69) is 10.3 Å². The van der Waals surface area contributed by atoms with E-state index in [1.807, 2.05) is 62.4 Å². The first-order valence-electron chi connectivity index (χ1n) is 8.01. The van der Waals surface area contributed by atoms with E-state index in [1.54, 1.807) is 0 Å². The Hall–Kier alpha value is -2.14. The summed E-state index contributed by atoms with van der Waals surface area (Å²) in [5, 5.41) is 3.88. The fourth-order valence-electron chi connectivity index (χ4n) is 2.85. The number of halogens is 2. The summed E-state index contributed by atoms with van der Waals surface area (Å²) in [5.41, 5.74) is 11.2. The van der Waals surface area contributed by atoms with Gasteiger partial charge in [-0.15, -0.1) is 24.8 Å². The number of pyridine rings is 1. The standard InChI is InChI=1S/C20H21N3O.2ClH/c1-13-5-3-8-17-18(9-14(2)23-19(13)17)20(24)22-12-16-7-4-6-15(10-16)11-21;;/h3-10H,11-12,21H2,1-2H3,(H,22,24);2*1H. The summed E-state index contributed by atoms with van der Waals surface area (Å²) in [6.07, 6.45) is 0. The number of nitrogens with two attached hydrogens (primary N) is 1. The molecule has 138 valence electrons. The smallest absolute Gasteiger partial charge is 0.252 e. The van der Waals surface area contributed by atoms with Crippen LogP contribution < -0.4 is 11.1 Å². The number of para-hydroxylation sites is 1. The number of benzene rings is 2. The zero-order valence-corrected chi connectivity index (χ0v) is 16.4. The molecule has 1 aromatic heterocycles. The highest BCUT2D eigenvalue weighted by atomic mass is 35.5. The number of fused-ring (bicyclic) bond motifs is 1. The lowest BCUT2D eigenvalue weighted by atomic mass is 10.0. The normalized spacial score (nSPS) is 9.96. The van der Waals surface area contributed by atoms with E-state index in [-0.39, 0.29) is 30.7 Å². The number of hydrogen-bond acceptors (Lipinski definition) is 3. The number of hydrogen-bond donors (Lipinski definition) is 2. The zero-order chi connectivity index (χ0) is 17.1. The highest BCUT2D eigenvalue weighted by Gasteiger charge is 2.13. The number of nitrogens with zero attached hydrogens (tertiary/aromatic N) is 1. The van der Waals surface area contributed by atoms with Gasteiger partial charge >= 0.3 is 0 Å². The second-order valence-electron chi connectivity index (χ2n) is 5.99. The first-order chi connectivity index (χ1) is 11.6. The molecule has 3 aromatic rings. The molecule has 0 bridgehead atoms. The molecule has 0 aliphatic rings. The van der Waals surface area contributed by atoms with Crippen molar-refractivity contribution in [2.75, 3.05) is 0 Å². The molecule has 3 N–H and O–H groups in total. The van der Waals surface area contributed by atoms with E-state index in [9.17, 15) is 4.79 Å². The molecule has 1 amide bonds. The van der Waals surface area contributed by atoms with Gasteiger partial charge in [-0.1, -0.05) is 42.5 Å². The van der Waals surface area contributed by atoms with Crippen LogP contribution in [-0.4, -0.2) is 10.9 Å². The number of rotatable bonds is 4. The fraction of sp³-hybridized carbons (Fsp3) is 0.200. The molecule has 26 heavy (non-hydrogen) atoms. The van der Waals surface area contributed by atoms with Gasteiger partial charge in [0.25, 0.3) is 5.91 Å². The number of carbonyl (C=O) groups excluding carboxylic acids is 1. The van der Waals surface area contributed by atoms with Gasteiger partial charge in [0.1, 0.15) is 0 Å². The average Bonchev–Trinajstić information content (AvgIpc) is 2.60. The number of aryl methyl sites for hydroxylation is 2. The van der Waals surface area contributed by atoms with Crippen molar-refractivity contribution in [1.29, 1.82) is 0 Å². The first-order valence-corrected chi connectivity index (χ1v) is 8.01. The molecule has 0 atom stereocenters. The Morgan fingerprint density at radius 1 is 1.04 bits per heavy atom. The fourth-order valence-corrected chi connectivity index (χ4v) is 2.85. The summed E-state index contributed by atoms with van der Waals surface area (Å²) >= 11 is 0. The van der Waals surface area contributed by atoms with Gasteiger partial charge in [-0.3, -0.25) is 9.78 Å². The highest BCUT2D eigenvalue weighted by molar-refractivity contribution is 6.06. The SMILES string of the molecule is Cc1cc(C(=O)NCc2cccc(CN)c2)c2cccc(C)c2n1.Cl.Cl. The third kappa shape index (κ3) is 4.73. The molecule has 4 nitrogen and oxygen atoms in total. The van der Waals surface area contributed by atoms with E-state index in [0.717, 1.165) is 33.3 Å². The Bertz CT molecular complexity index is 913. The van der Waals surface area contributed by atoms with Crippen molar-refractivity contribution >= 4 is 41.6 Å². The van der Waals surface area contributed by atoms with E-state index in [1.165, 1.54) is 0 Å². The molecule has 0 saturated heterocycles. The largest absolute Gasteiger partial charge is 0.348 e. The van der Waals surface area contributed by atoms with Crippen LogP contribution in [0.1, 0.15) is 32.7 Å². The number of nitrogens with one attached hydrogen (secondary N) is 1. The Kier molecular flexibility index (Phi) is 8.03. The number of aromatic nitrogens is 1. The Balaban J connectivity index is 0.00000169. The Morgan fingerprint density at radius 3 is 2.46 bits per heavy atom. The predicted octanol–water partition coefficient (Wildman–Crippen LogP) is 4.08. The summed E-state index contributed by atoms with van der Waals surface area (Å²) < 4.78 is 0. The van der Waals surface area contributed by atoms with Crippen LogP contribution in [0.25, 0.3) is 10.9 Å². The molecule has 0 aliphatic carbocycles. The lowest BCUT2D eigenvalue weighted by Crippen LogP contribution is -2.23. The lowest BCUT2D eigenvalue weighted by molar-refractivity contribution is 0.0952. The minimum atomic E-state index is -0.0887. The third-order valence-corrected chi connectivity index (χ3v) is 4.09. The molecule has 2 aromatic carbocycles. The quantitative estimate of drug-likeness (QED) is 0.703. The molecule has 0 fully saturated rings. The van der Waals surface area contributed by atoms with Crippen LogP contribution >= 0.6 is 24.8 Å². The molecular formula is C20H23Cl2N3O. The lowest BCUT2D eigenvalue weighted by Gasteiger charge is -2.11. The van der Waals surface area contributed by atoms with Crippen LogP contribution in [-0.2, 0) is 13.1 Å². The van der Waals surface area contributed by atoms with E-state index in [0.29, 0.717) is 18.7 Å². The van der Waals surface area contributed by atoms with E-state index in [4.69, 9.17) is 5.73 Å². The van der Waals surface area contributed by atoms with Gasteiger partial charge in [0.2, 0.25) is 0 Å². The van der Waals surface area contributed by atoms with Gasteiger partial charge in [-0.05, 0) is 36.6 Å². The summed E-state index contributed by atoms with van der Waals surface area (Å²) in [4.78, 5) is 17.3. The third-order valence-electron chi connectivity index (χ3n) is 4.09. The molecular weight excluding hydrogens is 369 g/mol. The van der Waals surface area contributed by atoms with Crippen LogP contribution in [0.15, 0.2) is 48.5 Å². The molecule has 0 spiro atoms. The van der Waals surface area contributed by atoms with Crippen LogP contribution in [0.2, 0.25) is 0 Å². The van der Waals surface area contributed by atoms with Gasteiger partial charge < -0.3 is 11.1 Å². The minimum absolute atomic E-state index is 0. The van der Waals surface area contributed by atoms with Gasteiger partial charge in [0.05, 0.1) is 11.1 Å². The van der Waals surface area contributed by atoms with Crippen LogP contribution in [0.5, 0.6) is 0 Å². The van der Waals surface area contributed by atoms with Crippen LogP contribution in [0.3, 0.4) is 0 Å². The molecule has 0 radical (unpaired) electrons. The van der Waals surface area contributed by atoms with Gasteiger partial charge in [-0.2, -0.15) is 0 Å². The summed E-state index contributed by atoms with van der Waals surface area (Å²) in [6, 6.07) is 15.7. The van der Waals surface area contributed by atoms with Crippen molar-refractivity contribution in [3.05, 3.63) is 76.5 Å².